The molecule has 0 N–H and O–H groups in total. The normalized spacial score (nSPS) is 20.8. The maximum atomic E-state index is 2.74. The second-order valence-electron chi connectivity index (χ2n) is 10.9. The lowest BCUT2D eigenvalue weighted by Gasteiger charge is -2.24. The van der Waals surface area contributed by atoms with Crippen LogP contribution in [0, 0.1) is 0 Å². The number of para-hydroxylation sites is 1. The van der Waals surface area contributed by atoms with Crippen molar-refractivity contribution >= 4 is 27.9 Å². The molecule has 3 nitrogen and oxygen atoms in total. The molecule has 0 bridgehead atoms. The Hall–Kier alpha value is -2.78. The number of likely N-dealkylation sites (N-methyl/N-ethyl adjacent to an activating group) is 1. The Morgan fingerprint density at radius 2 is 1.34 bits per heavy atom. The Kier molecular flexibility index (Phi) is 4.11. The topological polar surface area (TPSA) is 6.02 Å². The van der Waals surface area contributed by atoms with E-state index in [1.165, 1.54) is 50.1 Å². The van der Waals surface area contributed by atoms with Crippen LogP contribution in [0.2, 0.25) is 0 Å². The molecular formula is C29H34N3+3. The van der Waals surface area contributed by atoms with E-state index in [0.717, 1.165) is 17.6 Å². The zero-order valence-corrected chi connectivity index (χ0v) is 20.2. The number of hydrogen-bond donors (Lipinski definition) is 0. The SMILES string of the molecule is CC(C)c1cccc(C(C)C)c1[N+]1=C2C(=[N+]3CC[N+](C)(C)C31)c1cccc3cccc2c13. The van der Waals surface area contributed by atoms with Crippen molar-refractivity contribution in [1.82, 2.24) is 0 Å². The van der Waals surface area contributed by atoms with Crippen LogP contribution in [-0.4, -0.2) is 58.5 Å². The fraction of sp³-hybridized carbons (Fsp3) is 0.379. The van der Waals surface area contributed by atoms with Gasteiger partial charge in [-0.2, -0.15) is 0 Å². The molecule has 1 aliphatic carbocycles. The van der Waals surface area contributed by atoms with Gasteiger partial charge in [0.15, 0.2) is 0 Å². The zero-order valence-electron chi connectivity index (χ0n) is 20.2. The van der Waals surface area contributed by atoms with Crippen molar-refractivity contribution < 1.29 is 13.6 Å². The molecule has 0 radical (unpaired) electrons. The Labute approximate surface area is 191 Å². The maximum absolute atomic E-state index is 2.74. The Balaban J connectivity index is 1.78. The van der Waals surface area contributed by atoms with Crippen molar-refractivity contribution in [2.45, 2.75) is 45.8 Å². The van der Waals surface area contributed by atoms with Gasteiger partial charge in [-0.25, -0.2) is 4.48 Å². The van der Waals surface area contributed by atoms with Crippen molar-refractivity contribution in [1.29, 1.82) is 0 Å². The standard InChI is InChI=1S/C29H34N3/c1-18(2)21-12-9-13-22(19(3)4)26(21)31-28-24-15-8-11-20-10-7-14-23(25(20)24)27(28)30-16-17-32(5,6)29(30)31/h7-15,18-19,29H,16-17H2,1-6H3/q+3. The van der Waals surface area contributed by atoms with Crippen LogP contribution in [0.1, 0.15) is 61.8 Å². The summed E-state index contributed by atoms with van der Waals surface area (Å²) in [4.78, 5) is 0. The van der Waals surface area contributed by atoms with E-state index in [1.807, 2.05) is 0 Å². The summed E-state index contributed by atoms with van der Waals surface area (Å²) in [5, 5.41) is 2.77. The van der Waals surface area contributed by atoms with Crippen LogP contribution < -0.4 is 0 Å². The second kappa shape index (κ2) is 6.62. The average Bonchev–Trinajstić information content (AvgIpc) is 3.37. The van der Waals surface area contributed by atoms with Crippen LogP contribution in [0.4, 0.5) is 5.69 Å². The summed E-state index contributed by atoms with van der Waals surface area (Å²) in [6.07, 6.45) is 0.293. The lowest BCUT2D eigenvalue weighted by molar-refractivity contribution is -1.04. The highest BCUT2D eigenvalue weighted by Crippen LogP contribution is 2.43. The third-order valence-corrected chi connectivity index (χ3v) is 7.80. The number of fused-ring (bicyclic) bond motifs is 4. The van der Waals surface area contributed by atoms with Crippen LogP contribution in [0.15, 0.2) is 54.6 Å². The lowest BCUT2D eigenvalue weighted by atomic mass is 9.92. The van der Waals surface area contributed by atoms with Gasteiger partial charge in [0.2, 0.25) is 12.2 Å². The highest BCUT2D eigenvalue weighted by molar-refractivity contribution is 6.58. The van der Waals surface area contributed by atoms with Gasteiger partial charge in [0.1, 0.15) is 6.54 Å². The minimum Gasteiger partial charge on any atom is -0.205 e. The van der Waals surface area contributed by atoms with Gasteiger partial charge in [0.25, 0.3) is 11.4 Å². The molecule has 3 heteroatoms. The number of benzene rings is 3. The van der Waals surface area contributed by atoms with Crippen LogP contribution >= 0.6 is 0 Å². The van der Waals surface area contributed by atoms with E-state index < -0.39 is 0 Å². The molecule has 0 saturated carbocycles. The first-order valence-electron chi connectivity index (χ1n) is 12.1. The molecule has 0 amide bonds. The molecular weight excluding hydrogens is 390 g/mol. The summed E-state index contributed by atoms with van der Waals surface area (Å²) in [7, 11) is 4.80. The molecule has 6 rings (SSSR count). The van der Waals surface area contributed by atoms with Crippen LogP contribution in [0.3, 0.4) is 0 Å². The molecule has 2 aliphatic heterocycles. The van der Waals surface area contributed by atoms with Crippen molar-refractivity contribution in [2.24, 2.45) is 0 Å². The predicted octanol–water partition coefficient (Wildman–Crippen LogP) is 5.42. The van der Waals surface area contributed by atoms with E-state index in [9.17, 15) is 0 Å². The van der Waals surface area contributed by atoms with Gasteiger partial charge in [-0.15, -0.1) is 4.58 Å². The summed E-state index contributed by atoms with van der Waals surface area (Å²) < 4.78 is 6.42. The van der Waals surface area contributed by atoms with Crippen molar-refractivity contribution in [3.05, 3.63) is 76.9 Å². The summed E-state index contributed by atoms with van der Waals surface area (Å²) in [6.45, 7) is 11.6. The zero-order chi connectivity index (χ0) is 22.4. The number of hydrogen-bond acceptors (Lipinski definition) is 0. The minimum absolute atomic E-state index is 0.293. The van der Waals surface area contributed by atoms with Crippen LogP contribution in [-0.2, 0) is 0 Å². The van der Waals surface area contributed by atoms with Gasteiger partial charge in [0, 0.05) is 16.5 Å². The number of nitrogens with zero attached hydrogens (tertiary/aromatic N) is 3. The van der Waals surface area contributed by atoms with Crippen molar-refractivity contribution in [2.75, 3.05) is 27.2 Å². The van der Waals surface area contributed by atoms with E-state index in [2.05, 4.69) is 106 Å². The second-order valence-corrected chi connectivity index (χ2v) is 10.9. The van der Waals surface area contributed by atoms with Gasteiger partial charge in [-0.1, -0.05) is 74.7 Å². The molecule has 1 atom stereocenters. The molecule has 0 aromatic heterocycles. The molecule has 3 aromatic rings. The Morgan fingerprint density at radius 1 is 0.781 bits per heavy atom. The van der Waals surface area contributed by atoms with E-state index in [1.54, 1.807) is 0 Å². The lowest BCUT2D eigenvalue weighted by Crippen LogP contribution is -2.51. The Morgan fingerprint density at radius 3 is 1.94 bits per heavy atom. The van der Waals surface area contributed by atoms with Crippen LogP contribution in [0.25, 0.3) is 10.8 Å². The molecule has 162 valence electrons. The number of rotatable bonds is 3. The average molecular weight is 425 g/mol. The molecule has 1 unspecified atom stereocenters. The van der Waals surface area contributed by atoms with Gasteiger partial charge in [-0.3, -0.25) is 0 Å². The Bertz CT molecular complexity index is 1320. The molecule has 2 heterocycles. The monoisotopic (exact) mass is 424 g/mol. The summed E-state index contributed by atoms with van der Waals surface area (Å²) in [5.41, 5.74) is 10.0. The molecule has 3 aliphatic rings. The quantitative estimate of drug-likeness (QED) is 0.391. The number of quaternary nitrogens is 1. The summed E-state index contributed by atoms with van der Waals surface area (Å²) in [5.74, 6) is 0.941. The van der Waals surface area contributed by atoms with Gasteiger partial charge < -0.3 is 0 Å². The van der Waals surface area contributed by atoms with E-state index in [0.29, 0.717) is 18.1 Å². The first kappa shape index (κ1) is 19.9. The molecule has 3 aromatic carbocycles. The molecule has 1 fully saturated rings. The van der Waals surface area contributed by atoms with Gasteiger partial charge in [-0.05, 0) is 29.4 Å². The largest absolute Gasteiger partial charge is 0.479 e. The molecule has 32 heavy (non-hydrogen) atoms. The highest BCUT2D eigenvalue weighted by atomic mass is 15.6. The minimum atomic E-state index is 0.293. The third kappa shape index (κ3) is 2.46. The van der Waals surface area contributed by atoms with E-state index >= 15 is 0 Å². The third-order valence-electron chi connectivity index (χ3n) is 7.80. The summed E-state index contributed by atoms with van der Waals surface area (Å²) in [6, 6.07) is 20.6. The fourth-order valence-corrected chi connectivity index (χ4v) is 6.31. The first-order valence-corrected chi connectivity index (χ1v) is 12.1. The maximum Gasteiger partial charge on any atom is 0.479 e. The molecule has 0 spiro atoms. The van der Waals surface area contributed by atoms with E-state index in [-0.39, 0.29) is 0 Å². The van der Waals surface area contributed by atoms with E-state index in [4.69, 9.17) is 0 Å². The van der Waals surface area contributed by atoms with Crippen molar-refractivity contribution in [3.8, 4) is 0 Å². The highest BCUT2D eigenvalue weighted by Gasteiger charge is 2.65. The summed E-state index contributed by atoms with van der Waals surface area (Å²) >= 11 is 0. The van der Waals surface area contributed by atoms with Gasteiger partial charge in [0.05, 0.1) is 25.2 Å². The van der Waals surface area contributed by atoms with Crippen LogP contribution in [0.5, 0.6) is 0 Å². The van der Waals surface area contributed by atoms with Crippen molar-refractivity contribution in [3.63, 3.8) is 0 Å². The smallest absolute Gasteiger partial charge is 0.205 e. The first-order chi connectivity index (χ1) is 15.3. The fourth-order valence-electron chi connectivity index (χ4n) is 6.31. The van der Waals surface area contributed by atoms with Gasteiger partial charge >= 0.3 is 6.29 Å². The molecule has 1 saturated heterocycles. The predicted molar refractivity (Wildman–Crippen MR) is 133 cm³/mol.